The Balaban J connectivity index is 1.66. The number of methoxy groups -OCH3 is 1. The number of hydrogen-bond acceptors (Lipinski definition) is 5. The van der Waals surface area contributed by atoms with E-state index in [1.54, 1.807) is 7.11 Å². The van der Waals surface area contributed by atoms with E-state index in [4.69, 9.17) is 4.74 Å². The highest BCUT2D eigenvalue weighted by molar-refractivity contribution is 5.58. The van der Waals surface area contributed by atoms with Gasteiger partial charge in [-0.25, -0.2) is 4.98 Å². The number of ether oxygens (including phenoxy) is 1. The summed E-state index contributed by atoms with van der Waals surface area (Å²) in [6.07, 6.45) is 3.01. The SMILES string of the molecule is CO[C@H]1C[C@@H](CO)N(Cc2ccc(N(C)c3ccccc3)nc2)C1. The number of para-hydroxylation sites is 1. The van der Waals surface area contributed by atoms with E-state index in [-0.39, 0.29) is 18.8 Å². The Hall–Kier alpha value is -1.95. The molecule has 5 nitrogen and oxygen atoms in total. The Morgan fingerprint density at radius 3 is 2.67 bits per heavy atom. The third kappa shape index (κ3) is 3.75. The zero-order valence-corrected chi connectivity index (χ0v) is 14.3. The number of benzene rings is 1. The lowest BCUT2D eigenvalue weighted by molar-refractivity contribution is 0.107. The Morgan fingerprint density at radius 1 is 1.25 bits per heavy atom. The fourth-order valence-electron chi connectivity index (χ4n) is 3.22. The lowest BCUT2D eigenvalue weighted by Gasteiger charge is -2.23. The summed E-state index contributed by atoms with van der Waals surface area (Å²) in [6, 6.07) is 14.5. The summed E-state index contributed by atoms with van der Waals surface area (Å²) in [5.74, 6) is 0.917. The van der Waals surface area contributed by atoms with Crippen molar-refractivity contribution in [1.82, 2.24) is 9.88 Å². The second-order valence-corrected chi connectivity index (χ2v) is 6.28. The molecule has 0 unspecified atom stereocenters. The van der Waals surface area contributed by atoms with Gasteiger partial charge in [0.05, 0.1) is 12.7 Å². The molecule has 1 N–H and O–H groups in total. The standard InChI is InChI=1S/C19H25N3O2/c1-21(16-6-4-3-5-7-16)19-9-8-15(11-20-19)12-22-13-18(24-2)10-17(22)14-23/h3-9,11,17-18,23H,10,12-14H2,1-2H3/t17-,18-/m0/s1. The first kappa shape index (κ1) is 16.9. The minimum atomic E-state index is 0.168. The van der Waals surface area contributed by atoms with Crippen molar-refractivity contribution >= 4 is 11.5 Å². The molecule has 0 bridgehead atoms. The van der Waals surface area contributed by atoms with E-state index in [0.29, 0.717) is 0 Å². The van der Waals surface area contributed by atoms with Gasteiger partial charge in [0.1, 0.15) is 5.82 Å². The van der Waals surface area contributed by atoms with Gasteiger partial charge in [-0.3, -0.25) is 4.90 Å². The van der Waals surface area contributed by atoms with Crippen molar-refractivity contribution in [3.8, 4) is 0 Å². The van der Waals surface area contributed by atoms with Crippen LogP contribution in [0.4, 0.5) is 11.5 Å². The number of pyridine rings is 1. The summed E-state index contributed by atoms with van der Waals surface area (Å²) in [5, 5.41) is 9.55. The number of hydrogen-bond donors (Lipinski definition) is 1. The summed E-state index contributed by atoms with van der Waals surface area (Å²) in [4.78, 5) is 8.93. The van der Waals surface area contributed by atoms with Crippen molar-refractivity contribution < 1.29 is 9.84 Å². The molecule has 2 aromatic rings. The quantitative estimate of drug-likeness (QED) is 0.883. The number of likely N-dealkylation sites (tertiary alicyclic amines) is 1. The van der Waals surface area contributed by atoms with Crippen LogP contribution in [-0.4, -0.2) is 54.4 Å². The van der Waals surface area contributed by atoms with Crippen LogP contribution in [0.2, 0.25) is 0 Å². The monoisotopic (exact) mass is 327 g/mol. The van der Waals surface area contributed by atoms with Crippen LogP contribution in [0, 0.1) is 0 Å². The van der Waals surface area contributed by atoms with Gasteiger partial charge in [0, 0.05) is 45.2 Å². The Bertz CT molecular complexity index is 633. The zero-order valence-electron chi connectivity index (χ0n) is 14.3. The maximum Gasteiger partial charge on any atom is 0.132 e. The van der Waals surface area contributed by atoms with E-state index >= 15 is 0 Å². The molecule has 3 rings (SSSR count). The Kier molecular flexibility index (Phi) is 5.45. The van der Waals surface area contributed by atoms with Crippen molar-refractivity contribution in [3.05, 3.63) is 54.2 Å². The number of aliphatic hydroxyl groups is 1. The maximum absolute atomic E-state index is 9.55. The van der Waals surface area contributed by atoms with E-state index in [0.717, 1.165) is 36.6 Å². The molecule has 0 amide bonds. The third-order valence-electron chi connectivity index (χ3n) is 4.72. The van der Waals surface area contributed by atoms with E-state index < -0.39 is 0 Å². The first-order valence-electron chi connectivity index (χ1n) is 8.32. The van der Waals surface area contributed by atoms with E-state index in [1.807, 2.05) is 37.5 Å². The van der Waals surface area contributed by atoms with Crippen molar-refractivity contribution in [2.24, 2.45) is 0 Å². The molecule has 0 radical (unpaired) electrons. The minimum Gasteiger partial charge on any atom is -0.395 e. The smallest absolute Gasteiger partial charge is 0.132 e. The molecule has 1 aliphatic rings. The fourth-order valence-corrected chi connectivity index (χ4v) is 3.22. The molecule has 0 spiro atoms. The van der Waals surface area contributed by atoms with Gasteiger partial charge in [-0.05, 0) is 30.2 Å². The van der Waals surface area contributed by atoms with Crippen LogP contribution in [0.25, 0.3) is 0 Å². The van der Waals surface area contributed by atoms with Gasteiger partial charge < -0.3 is 14.7 Å². The first-order chi connectivity index (χ1) is 11.7. The topological polar surface area (TPSA) is 48.8 Å². The number of nitrogens with zero attached hydrogens (tertiary/aromatic N) is 3. The first-order valence-corrected chi connectivity index (χ1v) is 8.32. The van der Waals surface area contributed by atoms with Crippen molar-refractivity contribution in [3.63, 3.8) is 0 Å². The Labute approximate surface area is 143 Å². The second kappa shape index (κ2) is 7.75. The second-order valence-electron chi connectivity index (χ2n) is 6.28. The summed E-state index contributed by atoms with van der Waals surface area (Å²) in [7, 11) is 3.75. The number of aliphatic hydroxyl groups excluding tert-OH is 1. The molecule has 1 aromatic heterocycles. The summed E-state index contributed by atoms with van der Waals surface area (Å²) >= 11 is 0. The lowest BCUT2D eigenvalue weighted by Crippen LogP contribution is -2.32. The van der Waals surface area contributed by atoms with Gasteiger partial charge in [-0.2, -0.15) is 0 Å². The molecular formula is C19H25N3O2. The minimum absolute atomic E-state index is 0.168. The highest BCUT2D eigenvalue weighted by Crippen LogP contribution is 2.24. The summed E-state index contributed by atoms with van der Waals surface area (Å²) in [5.41, 5.74) is 2.26. The molecule has 128 valence electrons. The van der Waals surface area contributed by atoms with Gasteiger partial charge >= 0.3 is 0 Å². The highest BCUT2D eigenvalue weighted by atomic mass is 16.5. The van der Waals surface area contributed by atoms with Crippen molar-refractivity contribution in [2.45, 2.75) is 25.1 Å². The molecule has 0 saturated carbocycles. The van der Waals surface area contributed by atoms with Crippen LogP contribution in [0.3, 0.4) is 0 Å². The molecule has 1 saturated heterocycles. The average Bonchev–Trinajstić information content (AvgIpc) is 3.04. The molecular weight excluding hydrogens is 302 g/mol. The normalized spacial score (nSPS) is 21.1. The van der Waals surface area contributed by atoms with Crippen LogP contribution in [-0.2, 0) is 11.3 Å². The predicted molar refractivity (Wildman–Crippen MR) is 95.4 cm³/mol. The highest BCUT2D eigenvalue weighted by Gasteiger charge is 2.31. The van der Waals surface area contributed by atoms with Crippen molar-refractivity contribution in [1.29, 1.82) is 0 Å². The molecule has 1 fully saturated rings. The van der Waals surface area contributed by atoms with Crippen LogP contribution < -0.4 is 4.90 Å². The van der Waals surface area contributed by atoms with Gasteiger partial charge in [0.25, 0.3) is 0 Å². The Morgan fingerprint density at radius 2 is 2.04 bits per heavy atom. The number of anilines is 2. The van der Waals surface area contributed by atoms with E-state index in [9.17, 15) is 5.11 Å². The average molecular weight is 327 g/mol. The largest absolute Gasteiger partial charge is 0.395 e. The van der Waals surface area contributed by atoms with E-state index in [2.05, 4.69) is 33.0 Å². The molecule has 2 heterocycles. The van der Waals surface area contributed by atoms with Crippen LogP contribution in [0.15, 0.2) is 48.7 Å². The predicted octanol–water partition coefficient (Wildman–Crippen LogP) is 2.43. The molecule has 5 heteroatoms. The zero-order chi connectivity index (χ0) is 16.9. The van der Waals surface area contributed by atoms with Gasteiger partial charge in [0.2, 0.25) is 0 Å². The van der Waals surface area contributed by atoms with E-state index in [1.165, 1.54) is 0 Å². The molecule has 0 aliphatic carbocycles. The number of aromatic nitrogens is 1. The van der Waals surface area contributed by atoms with Gasteiger partial charge in [-0.15, -0.1) is 0 Å². The summed E-state index contributed by atoms with van der Waals surface area (Å²) < 4.78 is 5.44. The van der Waals surface area contributed by atoms with Gasteiger partial charge in [0.15, 0.2) is 0 Å². The molecule has 24 heavy (non-hydrogen) atoms. The third-order valence-corrected chi connectivity index (χ3v) is 4.72. The van der Waals surface area contributed by atoms with Crippen LogP contribution in [0.5, 0.6) is 0 Å². The van der Waals surface area contributed by atoms with Crippen LogP contribution in [0.1, 0.15) is 12.0 Å². The molecule has 1 aliphatic heterocycles. The molecule has 2 atom stereocenters. The van der Waals surface area contributed by atoms with Crippen molar-refractivity contribution in [2.75, 3.05) is 32.2 Å². The maximum atomic E-state index is 9.55. The van der Waals surface area contributed by atoms with Gasteiger partial charge in [-0.1, -0.05) is 24.3 Å². The fraction of sp³-hybridized carbons (Fsp3) is 0.421. The molecule has 1 aromatic carbocycles. The number of rotatable bonds is 6. The summed E-state index contributed by atoms with van der Waals surface area (Å²) in [6.45, 7) is 1.81. The van der Waals surface area contributed by atoms with Crippen LogP contribution >= 0.6 is 0 Å². The lowest BCUT2D eigenvalue weighted by atomic mass is 10.2.